The zero-order valence-corrected chi connectivity index (χ0v) is 16.2. The number of esters is 1. The Labute approximate surface area is 151 Å². The first kappa shape index (κ1) is 17.9. The lowest BCUT2D eigenvalue weighted by molar-refractivity contribution is -0.151. The molecule has 132 valence electrons. The van der Waals surface area contributed by atoms with Gasteiger partial charge >= 0.3 is 5.97 Å². The lowest BCUT2D eigenvalue weighted by atomic mass is 10.1. The van der Waals surface area contributed by atoms with Crippen molar-refractivity contribution in [2.75, 3.05) is 6.61 Å². The van der Waals surface area contributed by atoms with Crippen molar-refractivity contribution in [3.63, 3.8) is 0 Å². The lowest BCUT2D eigenvalue weighted by Crippen LogP contribution is -2.68. The maximum atomic E-state index is 11.8. The lowest BCUT2D eigenvalue weighted by Gasteiger charge is -2.45. The van der Waals surface area contributed by atoms with E-state index in [1.54, 1.807) is 0 Å². The summed E-state index contributed by atoms with van der Waals surface area (Å²) in [7, 11) is -2.57. The number of hydrogen-bond acceptors (Lipinski definition) is 3. The first-order valence-corrected chi connectivity index (χ1v) is 10.8. The van der Waals surface area contributed by atoms with Crippen LogP contribution in [0.3, 0.4) is 0 Å². The minimum absolute atomic E-state index is 0.0724. The highest BCUT2D eigenvalue weighted by Crippen LogP contribution is 2.38. The molecule has 0 radical (unpaired) electrons. The van der Waals surface area contributed by atoms with Crippen LogP contribution in [0.4, 0.5) is 0 Å². The Bertz CT molecular complexity index is 667. The molecule has 1 atom stereocenters. The maximum Gasteiger partial charge on any atom is 0.308 e. The van der Waals surface area contributed by atoms with Gasteiger partial charge in [0, 0.05) is 6.42 Å². The van der Waals surface area contributed by atoms with E-state index in [0.717, 1.165) is 6.42 Å². The molecule has 4 heteroatoms. The third kappa shape index (κ3) is 3.55. The molecule has 2 aromatic rings. The first-order chi connectivity index (χ1) is 11.9. The Morgan fingerprint density at radius 3 is 1.92 bits per heavy atom. The average Bonchev–Trinajstić information content (AvgIpc) is 2.60. The van der Waals surface area contributed by atoms with Crippen molar-refractivity contribution in [2.24, 2.45) is 0 Å². The minimum Gasteiger partial charge on any atom is -0.466 e. The molecule has 3 nitrogen and oxygen atoms in total. The Morgan fingerprint density at radius 2 is 1.48 bits per heavy atom. The Morgan fingerprint density at radius 1 is 0.960 bits per heavy atom. The van der Waals surface area contributed by atoms with Gasteiger partial charge in [-0.1, -0.05) is 81.4 Å². The van der Waals surface area contributed by atoms with Crippen LogP contribution in [0.2, 0.25) is 5.04 Å². The zero-order chi connectivity index (χ0) is 17.9. The van der Waals surface area contributed by atoms with Crippen molar-refractivity contribution < 1.29 is 14.0 Å². The van der Waals surface area contributed by atoms with Crippen LogP contribution in [0, 0.1) is 0 Å². The highest BCUT2D eigenvalue weighted by molar-refractivity contribution is 6.99. The molecular formula is C21H26O3Si. The number of cyclic esters (lactones) is 1. The number of hydrogen-bond donors (Lipinski definition) is 0. The van der Waals surface area contributed by atoms with Gasteiger partial charge in [-0.15, -0.1) is 0 Å². The van der Waals surface area contributed by atoms with E-state index in [4.69, 9.17) is 9.16 Å². The van der Waals surface area contributed by atoms with E-state index in [2.05, 4.69) is 69.3 Å². The van der Waals surface area contributed by atoms with Crippen LogP contribution in [0.25, 0.3) is 0 Å². The summed E-state index contributed by atoms with van der Waals surface area (Å²) in [4.78, 5) is 11.8. The number of rotatable bonds is 4. The van der Waals surface area contributed by atoms with Crippen LogP contribution in [-0.4, -0.2) is 27.0 Å². The van der Waals surface area contributed by atoms with E-state index in [1.165, 1.54) is 10.4 Å². The third-order valence-electron chi connectivity index (χ3n) is 4.86. The molecule has 0 N–H and O–H groups in total. The first-order valence-electron chi connectivity index (χ1n) is 8.88. The fourth-order valence-electron chi connectivity index (χ4n) is 3.69. The van der Waals surface area contributed by atoms with E-state index in [1.807, 2.05) is 12.1 Å². The molecule has 1 saturated heterocycles. The van der Waals surface area contributed by atoms with Gasteiger partial charge in [-0.05, 0) is 15.4 Å². The van der Waals surface area contributed by atoms with Crippen molar-refractivity contribution in [1.82, 2.24) is 0 Å². The number of carbonyl (C=O) groups excluding carboxylic acids is 1. The molecule has 3 rings (SSSR count). The SMILES string of the molecule is CC(C)(C)[Si](OC1CCOC(=O)C1)(c1ccccc1)c1ccccc1. The topological polar surface area (TPSA) is 35.5 Å². The van der Waals surface area contributed by atoms with Gasteiger partial charge in [0.15, 0.2) is 0 Å². The van der Waals surface area contributed by atoms with Gasteiger partial charge in [-0.3, -0.25) is 4.79 Å². The Hall–Kier alpha value is -1.91. The molecule has 1 unspecified atom stereocenters. The monoisotopic (exact) mass is 354 g/mol. The highest BCUT2D eigenvalue weighted by atomic mass is 28.4. The molecule has 0 amide bonds. The van der Waals surface area contributed by atoms with Crippen LogP contribution in [0.15, 0.2) is 60.7 Å². The molecule has 0 saturated carbocycles. The van der Waals surface area contributed by atoms with Crippen LogP contribution >= 0.6 is 0 Å². The summed E-state index contributed by atoms with van der Waals surface area (Å²) in [5.41, 5.74) is 0. The molecule has 0 aliphatic carbocycles. The van der Waals surface area contributed by atoms with Gasteiger partial charge < -0.3 is 9.16 Å². The molecule has 1 aliphatic rings. The van der Waals surface area contributed by atoms with Crippen molar-refractivity contribution in [3.05, 3.63) is 60.7 Å². The largest absolute Gasteiger partial charge is 0.466 e. The van der Waals surface area contributed by atoms with E-state index in [0.29, 0.717) is 13.0 Å². The molecule has 2 aromatic carbocycles. The quantitative estimate of drug-likeness (QED) is 0.624. The van der Waals surface area contributed by atoms with Crippen LogP contribution in [0.1, 0.15) is 33.6 Å². The predicted octanol–water partition coefficient (Wildman–Crippen LogP) is 3.27. The normalized spacial score (nSPS) is 18.7. The van der Waals surface area contributed by atoms with E-state index >= 15 is 0 Å². The molecule has 0 aromatic heterocycles. The minimum atomic E-state index is -2.57. The second kappa shape index (κ2) is 7.14. The van der Waals surface area contributed by atoms with E-state index in [-0.39, 0.29) is 17.1 Å². The van der Waals surface area contributed by atoms with Crippen molar-refractivity contribution in [3.8, 4) is 0 Å². The zero-order valence-electron chi connectivity index (χ0n) is 15.2. The number of carbonyl (C=O) groups is 1. The summed E-state index contributed by atoms with van der Waals surface area (Å²) < 4.78 is 12.0. The van der Waals surface area contributed by atoms with Crippen molar-refractivity contribution in [1.29, 1.82) is 0 Å². The van der Waals surface area contributed by atoms with Crippen LogP contribution in [0.5, 0.6) is 0 Å². The second-order valence-electron chi connectivity index (χ2n) is 7.62. The standard InChI is InChI=1S/C21H26O3Si/c1-21(2,3)25(18-10-6-4-7-11-18,19-12-8-5-9-13-19)24-17-14-15-23-20(22)16-17/h4-13,17H,14-16H2,1-3H3. The van der Waals surface area contributed by atoms with Gasteiger partial charge in [0.25, 0.3) is 8.32 Å². The summed E-state index contributed by atoms with van der Waals surface area (Å²) in [6.07, 6.45) is 1.01. The highest BCUT2D eigenvalue weighted by Gasteiger charge is 2.51. The molecule has 1 heterocycles. The van der Waals surface area contributed by atoms with E-state index in [9.17, 15) is 4.79 Å². The predicted molar refractivity (Wildman–Crippen MR) is 103 cm³/mol. The molecular weight excluding hydrogens is 328 g/mol. The second-order valence-corrected chi connectivity index (χ2v) is 11.9. The van der Waals surface area contributed by atoms with Gasteiger partial charge in [-0.25, -0.2) is 0 Å². The van der Waals surface area contributed by atoms with Crippen molar-refractivity contribution in [2.45, 2.75) is 44.8 Å². The summed E-state index contributed by atoms with van der Waals surface area (Å²) >= 11 is 0. The molecule has 25 heavy (non-hydrogen) atoms. The third-order valence-corrected chi connectivity index (χ3v) is 9.95. The van der Waals surface area contributed by atoms with E-state index < -0.39 is 8.32 Å². The maximum absolute atomic E-state index is 11.8. The summed E-state index contributed by atoms with van der Waals surface area (Å²) in [5.74, 6) is -0.158. The van der Waals surface area contributed by atoms with Gasteiger partial charge in [0.2, 0.25) is 0 Å². The van der Waals surface area contributed by atoms with Crippen molar-refractivity contribution >= 4 is 24.7 Å². The van der Waals surface area contributed by atoms with Crippen LogP contribution < -0.4 is 10.4 Å². The number of ether oxygens (including phenoxy) is 1. The number of benzene rings is 2. The summed E-state index contributed by atoms with van der Waals surface area (Å²) in [6, 6.07) is 21.1. The smallest absolute Gasteiger partial charge is 0.308 e. The fourth-order valence-corrected chi connectivity index (χ4v) is 8.41. The average molecular weight is 355 g/mol. The Balaban J connectivity index is 2.13. The van der Waals surface area contributed by atoms with Gasteiger partial charge in [0.1, 0.15) is 0 Å². The van der Waals surface area contributed by atoms with Gasteiger partial charge in [0.05, 0.1) is 19.1 Å². The molecule has 0 spiro atoms. The van der Waals surface area contributed by atoms with Gasteiger partial charge in [-0.2, -0.15) is 0 Å². The summed E-state index contributed by atoms with van der Waals surface area (Å²) in [6.45, 7) is 7.20. The summed E-state index contributed by atoms with van der Waals surface area (Å²) in [5, 5.41) is 2.41. The van der Waals surface area contributed by atoms with Crippen LogP contribution in [-0.2, 0) is 14.0 Å². The molecule has 1 aliphatic heterocycles. The Kier molecular flexibility index (Phi) is 5.11. The molecule has 0 bridgehead atoms. The fraction of sp³-hybridized carbons (Fsp3) is 0.381. The molecule has 1 fully saturated rings.